The maximum absolute atomic E-state index is 12.6. The molecule has 2 N–H and O–H groups in total. The number of carboxylic acids is 1. The zero-order valence-electron chi connectivity index (χ0n) is 6.24. The first kappa shape index (κ1) is 10.3. The van der Waals surface area contributed by atoms with Gasteiger partial charge in [0, 0.05) is 3.57 Å². The molecule has 0 aliphatic rings. The molecule has 1 aromatic rings. The monoisotopic (exact) mass is 297 g/mol. The quantitative estimate of drug-likeness (QED) is 0.629. The van der Waals surface area contributed by atoms with Crippen LogP contribution < -0.4 is 0 Å². The Bertz CT molecular complexity index is 345. The van der Waals surface area contributed by atoms with Gasteiger partial charge in [-0.1, -0.05) is 0 Å². The van der Waals surface area contributed by atoms with Crippen molar-refractivity contribution in [3.63, 3.8) is 0 Å². The molecule has 0 bridgehead atoms. The maximum atomic E-state index is 12.6. The third kappa shape index (κ3) is 2.34. The van der Waals surface area contributed by atoms with Crippen LogP contribution in [0.15, 0.2) is 12.1 Å². The maximum Gasteiger partial charge on any atom is 0.338 e. The Kier molecular flexibility index (Phi) is 3.15. The molecule has 0 saturated carbocycles. The predicted octanol–water partition coefficient (Wildman–Crippen LogP) is 0.943. The van der Waals surface area contributed by atoms with Crippen molar-refractivity contribution in [1.82, 2.24) is 4.98 Å². The van der Waals surface area contributed by atoms with Crippen LogP contribution in [0, 0.1) is 9.52 Å². The molecular weight excluding hydrogens is 292 g/mol. The van der Waals surface area contributed by atoms with Gasteiger partial charge in [0.25, 0.3) is 0 Å². The van der Waals surface area contributed by atoms with Crippen LogP contribution in [0.2, 0.25) is 0 Å². The molecule has 0 saturated heterocycles. The average molecular weight is 297 g/mol. The van der Waals surface area contributed by atoms with Gasteiger partial charge in [0.15, 0.2) is 6.10 Å². The van der Waals surface area contributed by atoms with Gasteiger partial charge in [-0.15, -0.1) is 0 Å². The minimum atomic E-state index is -1.78. The molecule has 1 rings (SSSR count). The number of halogens is 2. The molecule has 6 heteroatoms. The lowest BCUT2D eigenvalue weighted by Gasteiger charge is -2.06. The standard InChI is InChI=1S/C7H5FINO3/c8-4-2-1-3(9)5(10-4)6(11)7(12)13/h1-2,6,11H,(H,12,13). The van der Waals surface area contributed by atoms with Crippen molar-refractivity contribution in [3.8, 4) is 0 Å². The Balaban J connectivity index is 3.12. The van der Waals surface area contributed by atoms with E-state index in [4.69, 9.17) is 10.2 Å². The molecule has 1 atom stereocenters. The summed E-state index contributed by atoms with van der Waals surface area (Å²) in [5, 5.41) is 17.5. The lowest BCUT2D eigenvalue weighted by atomic mass is 10.2. The van der Waals surface area contributed by atoms with Crippen molar-refractivity contribution in [2.45, 2.75) is 6.10 Å². The van der Waals surface area contributed by atoms with E-state index in [2.05, 4.69) is 4.98 Å². The highest BCUT2D eigenvalue weighted by atomic mass is 127. The molecule has 1 aromatic heterocycles. The predicted molar refractivity (Wildman–Crippen MR) is 49.5 cm³/mol. The zero-order valence-corrected chi connectivity index (χ0v) is 8.40. The molecule has 4 nitrogen and oxygen atoms in total. The lowest BCUT2D eigenvalue weighted by molar-refractivity contribution is -0.147. The first-order chi connectivity index (χ1) is 6.02. The zero-order chi connectivity index (χ0) is 10.0. The molecule has 0 spiro atoms. The molecular formula is C7H5FINO3. The lowest BCUT2D eigenvalue weighted by Crippen LogP contribution is -2.14. The Labute approximate surface area is 86.6 Å². The van der Waals surface area contributed by atoms with Crippen molar-refractivity contribution < 1.29 is 19.4 Å². The molecule has 0 aliphatic carbocycles. The summed E-state index contributed by atoms with van der Waals surface area (Å²) in [7, 11) is 0. The SMILES string of the molecule is O=C(O)C(O)c1nc(F)ccc1I. The van der Waals surface area contributed by atoms with Crippen LogP contribution in [0.25, 0.3) is 0 Å². The second-order valence-electron chi connectivity index (χ2n) is 2.24. The number of nitrogens with zero attached hydrogens (tertiary/aromatic N) is 1. The van der Waals surface area contributed by atoms with Crippen LogP contribution in [-0.2, 0) is 4.79 Å². The number of pyridine rings is 1. The van der Waals surface area contributed by atoms with Gasteiger partial charge in [0.1, 0.15) is 0 Å². The number of rotatable bonds is 2. The van der Waals surface area contributed by atoms with Crippen LogP contribution in [0.3, 0.4) is 0 Å². The summed E-state index contributed by atoms with van der Waals surface area (Å²) in [5.41, 5.74) is -0.173. The molecule has 70 valence electrons. The molecule has 0 aromatic carbocycles. The van der Waals surface area contributed by atoms with E-state index in [9.17, 15) is 9.18 Å². The third-order valence-corrected chi connectivity index (χ3v) is 2.24. The van der Waals surface area contributed by atoms with Gasteiger partial charge < -0.3 is 10.2 Å². The fourth-order valence-electron chi connectivity index (χ4n) is 0.742. The van der Waals surface area contributed by atoms with Gasteiger partial charge in [-0.05, 0) is 34.7 Å². The number of hydrogen-bond acceptors (Lipinski definition) is 3. The van der Waals surface area contributed by atoms with Gasteiger partial charge in [-0.2, -0.15) is 4.39 Å². The van der Waals surface area contributed by atoms with E-state index in [1.54, 1.807) is 22.6 Å². The van der Waals surface area contributed by atoms with Gasteiger partial charge in [-0.3, -0.25) is 0 Å². The minimum absolute atomic E-state index is 0.173. The Morgan fingerprint density at radius 1 is 1.62 bits per heavy atom. The van der Waals surface area contributed by atoms with Crippen LogP contribution in [0.1, 0.15) is 11.8 Å². The fraction of sp³-hybridized carbons (Fsp3) is 0.143. The number of hydrogen-bond donors (Lipinski definition) is 2. The topological polar surface area (TPSA) is 70.4 Å². The van der Waals surface area contributed by atoms with Gasteiger partial charge in [0.05, 0.1) is 5.69 Å². The minimum Gasteiger partial charge on any atom is -0.479 e. The van der Waals surface area contributed by atoms with Gasteiger partial charge in [0.2, 0.25) is 5.95 Å². The molecule has 0 radical (unpaired) electrons. The molecule has 1 heterocycles. The summed E-state index contributed by atoms with van der Waals surface area (Å²) >= 11 is 1.77. The Morgan fingerprint density at radius 2 is 2.23 bits per heavy atom. The summed E-state index contributed by atoms with van der Waals surface area (Å²) in [5.74, 6) is -2.26. The normalized spacial score (nSPS) is 12.5. The number of carbonyl (C=O) groups is 1. The van der Waals surface area contributed by atoms with Crippen molar-refractivity contribution >= 4 is 28.6 Å². The summed E-state index contributed by atoms with van der Waals surface area (Å²) in [4.78, 5) is 13.6. The summed E-state index contributed by atoms with van der Waals surface area (Å²) in [6.45, 7) is 0. The summed E-state index contributed by atoms with van der Waals surface area (Å²) in [6.07, 6.45) is -1.78. The second kappa shape index (κ2) is 3.97. The summed E-state index contributed by atoms with van der Waals surface area (Å²) in [6, 6.07) is 2.45. The van der Waals surface area contributed by atoms with Crippen LogP contribution in [0.5, 0.6) is 0 Å². The van der Waals surface area contributed by atoms with E-state index in [-0.39, 0.29) is 5.69 Å². The van der Waals surface area contributed by atoms with E-state index in [0.29, 0.717) is 3.57 Å². The van der Waals surface area contributed by atoms with Gasteiger partial charge in [-0.25, -0.2) is 9.78 Å². The van der Waals surface area contributed by atoms with Crippen LogP contribution in [0.4, 0.5) is 4.39 Å². The van der Waals surface area contributed by atoms with Crippen molar-refractivity contribution in [2.24, 2.45) is 0 Å². The Morgan fingerprint density at radius 3 is 2.77 bits per heavy atom. The molecule has 13 heavy (non-hydrogen) atoms. The van der Waals surface area contributed by atoms with Crippen molar-refractivity contribution in [1.29, 1.82) is 0 Å². The van der Waals surface area contributed by atoms with Crippen molar-refractivity contribution in [2.75, 3.05) is 0 Å². The largest absolute Gasteiger partial charge is 0.479 e. The first-order valence-electron chi connectivity index (χ1n) is 3.25. The van der Waals surface area contributed by atoms with Crippen LogP contribution >= 0.6 is 22.6 Å². The second-order valence-corrected chi connectivity index (χ2v) is 3.40. The first-order valence-corrected chi connectivity index (χ1v) is 4.33. The third-order valence-electron chi connectivity index (χ3n) is 1.33. The number of aliphatic hydroxyl groups excluding tert-OH is 1. The van der Waals surface area contributed by atoms with E-state index in [1.807, 2.05) is 0 Å². The van der Waals surface area contributed by atoms with E-state index >= 15 is 0 Å². The fourth-order valence-corrected chi connectivity index (χ4v) is 1.34. The van der Waals surface area contributed by atoms with Crippen LogP contribution in [-0.4, -0.2) is 21.2 Å². The highest BCUT2D eigenvalue weighted by molar-refractivity contribution is 14.1. The highest BCUT2D eigenvalue weighted by Crippen LogP contribution is 2.18. The smallest absolute Gasteiger partial charge is 0.338 e. The molecule has 0 aliphatic heterocycles. The molecule has 0 fully saturated rings. The number of carboxylic acid groups (broad SMARTS) is 1. The Hall–Kier alpha value is -0.760. The average Bonchev–Trinajstić information content (AvgIpc) is 2.08. The highest BCUT2D eigenvalue weighted by Gasteiger charge is 2.20. The molecule has 0 amide bonds. The van der Waals surface area contributed by atoms with Gasteiger partial charge >= 0.3 is 5.97 Å². The van der Waals surface area contributed by atoms with E-state index < -0.39 is 18.0 Å². The summed E-state index contributed by atoms with van der Waals surface area (Å²) < 4.78 is 13.0. The molecule has 1 unspecified atom stereocenters. The van der Waals surface area contributed by atoms with E-state index in [0.717, 1.165) is 6.07 Å². The number of aliphatic carboxylic acids is 1. The number of aliphatic hydroxyl groups is 1. The van der Waals surface area contributed by atoms with Crippen molar-refractivity contribution in [3.05, 3.63) is 27.3 Å². The number of aromatic nitrogens is 1. The van der Waals surface area contributed by atoms with E-state index in [1.165, 1.54) is 6.07 Å².